The van der Waals surface area contributed by atoms with E-state index in [0.29, 0.717) is 19.4 Å². The first-order valence-electron chi connectivity index (χ1n) is 5.80. The minimum absolute atomic E-state index is 0.360. The number of aromatic amines is 1. The number of carbonyl (C=O) groups is 2. The summed E-state index contributed by atoms with van der Waals surface area (Å²) < 4.78 is 0. The molecule has 0 aliphatic heterocycles. The number of rotatable bonds is 7. The van der Waals surface area contributed by atoms with Gasteiger partial charge < -0.3 is 20.8 Å². The Kier molecular flexibility index (Phi) is 5.73. The number of H-pyrrole nitrogens is 1. The first kappa shape index (κ1) is 14.9. The molecule has 0 aliphatic rings. The van der Waals surface area contributed by atoms with E-state index in [9.17, 15) is 14.7 Å². The average Bonchev–Trinajstić information content (AvgIpc) is 2.84. The van der Waals surface area contributed by atoms with Crippen LogP contribution in [0.1, 0.15) is 19.2 Å². The molecule has 1 aromatic heterocycles. The van der Waals surface area contributed by atoms with E-state index in [1.54, 1.807) is 0 Å². The first-order chi connectivity index (χ1) is 9.00. The van der Waals surface area contributed by atoms with E-state index in [2.05, 4.69) is 25.8 Å². The van der Waals surface area contributed by atoms with Crippen molar-refractivity contribution in [2.75, 3.05) is 6.54 Å². The van der Waals surface area contributed by atoms with Gasteiger partial charge in [-0.1, -0.05) is 0 Å². The number of nitrogens with one attached hydrogen (secondary N) is 3. The number of hydrogen-bond donors (Lipinski definition) is 5. The maximum atomic E-state index is 11.4. The van der Waals surface area contributed by atoms with Crippen LogP contribution in [0.25, 0.3) is 0 Å². The molecule has 9 heteroatoms. The van der Waals surface area contributed by atoms with Gasteiger partial charge in [0.05, 0.1) is 6.10 Å². The van der Waals surface area contributed by atoms with Crippen LogP contribution in [0.15, 0.2) is 6.33 Å². The number of amides is 2. The Bertz CT molecular complexity index is 406. The number of carboxylic acid groups (broad SMARTS) is 1. The highest BCUT2D eigenvalue weighted by molar-refractivity contribution is 5.82. The van der Waals surface area contributed by atoms with Gasteiger partial charge in [-0.25, -0.2) is 14.6 Å². The Morgan fingerprint density at radius 3 is 2.79 bits per heavy atom. The Morgan fingerprint density at radius 1 is 1.53 bits per heavy atom. The molecule has 0 spiro atoms. The van der Waals surface area contributed by atoms with Crippen LogP contribution >= 0.6 is 0 Å². The minimum Gasteiger partial charge on any atom is -0.480 e. The van der Waals surface area contributed by atoms with Crippen LogP contribution in [-0.4, -0.2) is 56.1 Å². The topological polar surface area (TPSA) is 140 Å². The van der Waals surface area contributed by atoms with Crippen LogP contribution in [-0.2, 0) is 11.2 Å². The number of aliphatic carboxylic acids is 1. The molecule has 1 aromatic rings. The van der Waals surface area contributed by atoms with E-state index >= 15 is 0 Å². The highest BCUT2D eigenvalue weighted by Gasteiger charge is 2.24. The van der Waals surface area contributed by atoms with Gasteiger partial charge in [0.15, 0.2) is 6.04 Å². The zero-order chi connectivity index (χ0) is 14.3. The van der Waals surface area contributed by atoms with Crippen molar-refractivity contribution >= 4 is 12.0 Å². The van der Waals surface area contributed by atoms with Crippen molar-refractivity contribution in [1.29, 1.82) is 0 Å². The molecule has 2 atom stereocenters. The number of nitrogens with zero attached hydrogens (tertiary/aromatic N) is 2. The molecule has 0 saturated heterocycles. The van der Waals surface area contributed by atoms with Crippen molar-refractivity contribution in [2.24, 2.45) is 0 Å². The Hall–Kier alpha value is -2.16. The molecule has 0 aromatic carbocycles. The van der Waals surface area contributed by atoms with E-state index in [4.69, 9.17) is 5.11 Å². The zero-order valence-corrected chi connectivity index (χ0v) is 10.5. The number of carbonyl (C=O) groups excluding carboxylic acids is 1. The molecule has 5 N–H and O–H groups in total. The van der Waals surface area contributed by atoms with Crippen molar-refractivity contribution in [1.82, 2.24) is 25.8 Å². The SMILES string of the molecule is CC(O)C(NC(=O)NCCCc1ncn[nH]1)C(=O)O. The van der Waals surface area contributed by atoms with Crippen LogP contribution in [0.2, 0.25) is 0 Å². The second-order valence-corrected chi connectivity index (χ2v) is 3.99. The molecule has 0 radical (unpaired) electrons. The number of carboxylic acids is 1. The van der Waals surface area contributed by atoms with Crippen LogP contribution in [0.3, 0.4) is 0 Å². The monoisotopic (exact) mass is 271 g/mol. The van der Waals surface area contributed by atoms with Crippen molar-refractivity contribution < 1.29 is 19.8 Å². The Balaban J connectivity index is 2.21. The molecule has 2 unspecified atom stereocenters. The van der Waals surface area contributed by atoms with E-state index in [0.717, 1.165) is 5.82 Å². The molecule has 0 fully saturated rings. The quantitative estimate of drug-likeness (QED) is 0.397. The molecule has 1 heterocycles. The fourth-order valence-corrected chi connectivity index (χ4v) is 1.39. The summed E-state index contributed by atoms with van der Waals surface area (Å²) in [5.74, 6) is -0.568. The predicted octanol–water partition coefficient (Wildman–Crippen LogP) is -1.13. The largest absolute Gasteiger partial charge is 0.480 e. The second-order valence-electron chi connectivity index (χ2n) is 3.99. The van der Waals surface area contributed by atoms with Crippen molar-refractivity contribution in [2.45, 2.75) is 31.9 Å². The number of aromatic nitrogens is 3. The summed E-state index contributed by atoms with van der Waals surface area (Å²) in [5.41, 5.74) is 0. The molecule has 2 amide bonds. The van der Waals surface area contributed by atoms with E-state index in [-0.39, 0.29) is 0 Å². The fraction of sp³-hybridized carbons (Fsp3) is 0.600. The molecule has 106 valence electrons. The zero-order valence-electron chi connectivity index (χ0n) is 10.5. The number of urea groups is 1. The van der Waals surface area contributed by atoms with Crippen LogP contribution in [0.5, 0.6) is 0 Å². The lowest BCUT2D eigenvalue weighted by molar-refractivity contribution is -0.141. The van der Waals surface area contributed by atoms with Crippen molar-refractivity contribution in [3.63, 3.8) is 0 Å². The Labute approximate surface area is 109 Å². The van der Waals surface area contributed by atoms with Gasteiger partial charge in [0.25, 0.3) is 0 Å². The van der Waals surface area contributed by atoms with Crippen LogP contribution < -0.4 is 10.6 Å². The summed E-state index contributed by atoms with van der Waals surface area (Å²) in [5, 5.41) is 29.0. The summed E-state index contributed by atoms with van der Waals surface area (Å²) in [7, 11) is 0. The van der Waals surface area contributed by atoms with E-state index in [1.807, 2.05) is 0 Å². The predicted molar refractivity (Wildman–Crippen MR) is 64.3 cm³/mol. The van der Waals surface area contributed by atoms with Gasteiger partial charge in [-0.05, 0) is 13.3 Å². The molecular weight excluding hydrogens is 254 g/mol. The maximum absolute atomic E-state index is 11.4. The molecule has 0 aliphatic carbocycles. The van der Waals surface area contributed by atoms with Gasteiger partial charge >= 0.3 is 12.0 Å². The third-order valence-corrected chi connectivity index (χ3v) is 2.38. The lowest BCUT2D eigenvalue weighted by atomic mass is 10.2. The van der Waals surface area contributed by atoms with Gasteiger partial charge in [-0.15, -0.1) is 0 Å². The second kappa shape index (κ2) is 7.31. The van der Waals surface area contributed by atoms with Crippen molar-refractivity contribution in [3.05, 3.63) is 12.2 Å². The third kappa shape index (κ3) is 5.34. The molecule has 0 saturated carbocycles. The van der Waals surface area contributed by atoms with Crippen LogP contribution in [0.4, 0.5) is 4.79 Å². The maximum Gasteiger partial charge on any atom is 0.328 e. The average molecular weight is 271 g/mol. The molecular formula is C10H17N5O4. The lowest BCUT2D eigenvalue weighted by Crippen LogP contribution is -2.51. The summed E-state index contributed by atoms with van der Waals surface area (Å²) in [6, 6.07) is -1.96. The first-order valence-corrected chi connectivity index (χ1v) is 5.80. The summed E-state index contributed by atoms with van der Waals surface area (Å²) in [6.45, 7) is 1.65. The standard InChI is InChI=1S/C10H17N5O4/c1-6(16)8(9(17)18)14-10(19)11-4-2-3-7-12-5-13-15-7/h5-6,8,16H,2-4H2,1H3,(H,17,18)(H2,11,14,19)(H,12,13,15). The molecule has 1 rings (SSSR count). The lowest BCUT2D eigenvalue weighted by Gasteiger charge is -2.17. The van der Waals surface area contributed by atoms with E-state index in [1.165, 1.54) is 13.3 Å². The van der Waals surface area contributed by atoms with Gasteiger partial charge in [-0.2, -0.15) is 5.10 Å². The molecule has 0 bridgehead atoms. The van der Waals surface area contributed by atoms with E-state index < -0.39 is 24.1 Å². The van der Waals surface area contributed by atoms with Gasteiger partial charge in [-0.3, -0.25) is 5.10 Å². The highest BCUT2D eigenvalue weighted by atomic mass is 16.4. The van der Waals surface area contributed by atoms with Crippen LogP contribution in [0, 0.1) is 0 Å². The summed E-state index contributed by atoms with van der Waals surface area (Å²) >= 11 is 0. The Morgan fingerprint density at radius 2 is 2.26 bits per heavy atom. The van der Waals surface area contributed by atoms with Gasteiger partial charge in [0.2, 0.25) is 0 Å². The number of aliphatic hydroxyl groups excluding tert-OH is 1. The number of hydrogen-bond acceptors (Lipinski definition) is 5. The minimum atomic E-state index is -1.32. The van der Waals surface area contributed by atoms with Gasteiger partial charge in [0, 0.05) is 13.0 Å². The van der Waals surface area contributed by atoms with Gasteiger partial charge in [0.1, 0.15) is 12.2 Å². The smallest absolute Gasteiger partial charge is 0.328 e. The number of aryl methyl sites for hydroxylation is 1. The molecule has 9 nitrogen and oxygen atoms in total. The third-order valence-electron chi connectivity index (χ3n) is 2.38. The number of aliphatic hydroxyl groups is 1. The normalized spacial score (nSPS) is 13.6. The fourth-order valence-electron chi connectivity index (χ4n) is 1.39. The highest BCUT2D eigenvalue weighted by Crippen LogP contribution is 1.94. The van der Waals surface area contributed by atoms with Crippen molar-refractivity contribution in [3.8, 4) is 0 Å². The summed E-state index contributed by atoms with van der Waals surface area (Å²) in [6.07, 6.45) is 1.49. The molecule has 19 heavy (non-hydrogen) atoms. The summed E-state index contributed by atoms with van der Waals surface area (Å²) in [4.78, 5) is 26.1.